The molecule has 0 bridgehead atoms. The molecule has 3 amide bonds. The molecule has 8 heteroatoms. The van der Waals surface area contributed by atoms with Crippen LogP contribution in [0.1, 0.15) is 115 Å². The molecule has 0 aromatic heterocycles. The van der Waals surface area contributed by atoms with Gasteiger partial charge in [0.2, 0.25) is 11.8 Å². The fourth-order valence-electron chi connectivity index (χ4n) is 5.14. The highest BCUT2D eigenvalue weighted by Crippen LogP contribution is 2.28. The number of thiol groups is 1. The lowest BCUT2D eigenvalue weighted by molar-refractivity contribution is -0.142. The van der Waals surface area contributed by atoms with E-state index in [9.17, 15) is 14.4 Å². The quantitative estimate of drug-likeness (QED) is 0.179. The van der Waals surface area contributed by atoms with Crippen LogP contribution >= 0.6 is 12.6 Å². The first kappa shape index (κ1) is 33.0. The fourth-order valence-corrected chi connectivity index (χ4v) is 5.38. The van der Waals surface area contributed by atoms with Crippen LogP contribution in [-0.2, 0) is 14.3 Å². The summed E-state index contributed by atoms with van der Waals surface area (Å²) in [6, 6.07) is 6.15. The second-order valence-corrected chi connectivity index (χ2v) is 12.1. The molecule has 2 rings (SSSR count). The molecule has 2 N–H and O–H groups in total. The maximum Gasteiger partial charge on any atom is 0.408 e. The van der Waals surface area contributed by atoms with E-state index >= 15 is 0 Å². The second kappa shape index (κ2) is 16.8. The van der Waals surface area contributed by atoms with Crippen LogP contribution in [0.3, 0.4) is 0 Å². The maximum absolute atomic E-state index is 14.1. The van der Waals surface area contributed by atoms with Crippen molar-refractivity contribution in [3.8, 4) is 0 Å². The van der Waals surface area contributed by atoms with Gasteiger partial charge in [0.25, 0.3) is 0 Å². The molecular weight excluding hydrogens is 510 g/mol. The van der Waals surface area contributed by atoms with E-state index in [-0.39, 0.29) is 23.6 Å². The molecule has 0 aliphatic heterocycles. The Bertz CT molecular complexity index is 911. The van der Waals surface area contributed by atoms with Crippen LogP contribution < -0.4 is 10.6 Å². The molecule has 7 nitrogen and oxygen atoms in total. The summed E-state index contributed by atoms with van der Waals surface area (Å²) in [6.07, 6.45) is 11.0. The lowest BCUT2D eigenvalue weighted by Gasteiger charge is -2.36. The Labute approximate surface area is 241 Å². The summed E-state index contributed by atoms with van der Waals surface area (Å²) in [4.78, 5) is 42.3. The van der Waals surface area contributed by atoms with Crippen molar-refractivity contribution in [1.82, 2.24) is 15.5 Å². The Morgan fingerprint density at radius 2 is 1.67 bits per heavy atom. The van der Waals surface area contributed by atoms with E-state index in [1.54, 1.807) is 25.7 Å². The summed E-state index contributed by atoms with van der Waals surface area (Å²) in [7, 11) is 0. The molecule has 220 valence electrons. The van der Waals surface area contributed by atoms with E-state index in [1.807, 2.05) is 31.2 Å². The van der Waals surface area contributed by atoms with Crippen LogP contribution in [-0.4, -0.2) is 52.8 Å². The number of alkyl carbamates (subject to hydrolysis) is 1. The zero-order valence-electron chi connectivity index (χ0n) is 24.8. The Morgan fingerprint density at radius 3 is 2.28 bits per heavy atom. The van der Waals surface area contributed by atoms with Crippen LogP contribution in [0.5, 0.6) is 0 Å². The summed E-state index contributed by atoms with van der Waals surface area (Å²) in [6.45, 7) is 9.91. The minimum Gasteiger partial charge on any atom is -0.444 e. The number of benzene rings is 1. The third-order valence-corrected chi connectivity index (χ3v) is 7.57. The van der Waals surface area contributed by atoms with Crippen molar-refractivity contribution in [2.75, 3.05) is 12.3 Å². The van der Waals surface area contributed by atoms with Crippen LogP contribution in [0.2, 0.25) is 0 Å². The first-order valence-electron chi connectivity index (χ1n) is 14.8. The van der Waals surface area contributed by atoms with E-state index in [0.29, 0.717) is 6.54 Å². The average Bonchev–Trinajstić information content (AvgIpc) is 2.88. The van der Waals surface area contributed by atoms with E-state index in [0.717, 1.165) is 62.5 Å². The lowest BCUT2D eigenvalue weighted by atomic mass is 9.93. The zero-order chi connectivity index (χ0) is 28.8. The van der Waals surface area contributed by atoms with Crippen molar-refractivity contribution in [2.24, 2.45) is 0 Å². The number of hydrogen-bond donors (Lipinski definition) is 3. The summed E-state index contributed by atoms with van der Waals surface area (Å²) >= 11 is 4.40. The smallest absolute Gasteiger partial charge is 0.408 e. The van der Waals surface area contributed by atoms with Crippen molar-refractivity contribution >= 4 is 30.5 Å². The number of carbonyl (C=O) groups is 3. The van der Waals surface area contributed by atoms with Gasteiger partial charge in [0.1, 0.15) is 17.7 Å². The molecule has 1 saturated carbocycles. The highest BCUT2D eigenvalue weighted by atomic mass is 32.1. The van der Waals surface area contributed by atoms with E-state index in [1.165, 1.54) is 19.3 Å². The second-order valence-electron chi connectivity index (χ2n) is 11.8. The Morgan fingerprint density at radius 1 is 1.03 bits per heavy atom. The number of aryl methyl sites for hydroxylation is 1. The number of nitrogens with one attached hydrogen (secondary N) is 2. The minimum absolute atomic E-state index is 0.0931. The van der Waals surface area contributed by atoms with Gasteiger partial charge in [-0.05, 0) is 58.1 Å². The normalized spacial score (nSPS) is 15.7. The topological polar surface area (TPSA) is 87.7 Å². The third-order valence-electron chi connectivity index (χ3n) is 7.20. The maximum atomic E-state index is 14.1. The number of rotatable bonds is 14. The lowest BCUT2D eigenvalue weighted by Crippen LogP contribution is -2.54. The van der Waals surface area contributed by atoms with Gasteiger partial charge in [0, 0.05) is 18.3 Å². The van der Waals surface area contributed by atoms with Gasteiger partial charge < -0.3 is 20.3 Å². The third kappa shape index (κ3) is 11.4. The van der Waals surface area contributed by atoms with Gasteiger partial charge in [0.05, 0.1) is 0 Å². The van der Waals surface area contributed by atoms with Gasteiger partial charge in [-0.3, -0.25) is 9.59 Å². The molecule has 0 heterocycles. The predicted molar refractivity (Wildman–Crippen MR) is 161 cm³/mol. The highest BCUT2D eigenvalue weighted by molar-refractivity contribution is 7.80. The van der Waals surface area contributed by atoms with E-state index in [4.69, 9.17) is 4.74 Å². The Balaban J connectivity index is 2.37. The van der Waals surface area contributed by atoms with E-state index < -0.39 is 23.8 Å². The number of amides is 3. The minimum atomic E-state index is -0.919. The highest BCUT2D eigenvalue weighted by Gasteiger charge is 2.37. The molecule has 1 aromatic rings. The first-order chi connectivity index (χ1) is 18.6. The van der Waals surface area contributed by atoms with E-state index in [2.05, 4.69) is 30.2 Å². The van der Waals surface area contributed by atoms with Crippen LogP contribution in [0.15, 0.2) is 24.3 Å². The van der Waals surface area contributed by atoms with Gasteiger partial charge in [-0.2, -0.15) is 12.6 Å². The molecule has 1 aliphatic carbocycles. The fraction of sp³-hybridized carbons (Fsp3) is 0.710. The average molecular weight is 562 g/mol. The van der Waals surface area contributed by atoms with Crippen molar-refractivity contribution < 1.29 is 19.1 Å². The van der Waals surface area contributed by atoms with Crippen molar-refractivity contribution in [3.05, 3.63) is 35.4 Å². The molecular formula is C31H51N3O4S. The molecule has 1 aliphatic rings. The van der Waals surface area contributed by atoms with Gasteiger partial charge in [-0.25, -0.2) is 4.79 Å². The molecule has 2 unspecified atom stereocenters. The van der Waals surface area contributed by atoms with Crippen LogP contribution in [0.25, 0.3) is 0 Å². The van der Waals surface area contributed by atoms with Crippen molar-refractivity contribution in [1.29, 1.82) is 0 Å². The summed E-state index contributed by atoms with van der Waals surface area (Å²) in [5.41, 5.74) is 1.06. The molecule has 0 radical (unpaired) electrons. The predicted octanol–water partition coefficient (Wildman–Crippen LogP) is 6.50. The SMILES string of the molecule is CCCCCCCCN(C(=O)C(CS)NC(=O)OC(C)(C)C)C(C(=O)NC1CCCCC1)c1ccccc1C. The van der Waals surface area contributed by atoms with Crippen LogP contribution in [0.4, 0.5) is 4.79 Å². The molecule has 39 heavy (non-hydrogen) atoms. The first-order valence-corrected chi connectivity index (χ1v) is 15.5. The summed E-state index contributed by atoms with van der Waals surface area (Å²) < 4.78 is 5.41. The standard InChI is InChI=1S/C31H51N3O4S/c1-6-7-8-9-10-16-21-34(29(36)26(22-39)33-30(37)38-31(3,4)5)27(25-20-15-14-17-23(25)2)28(35)32-24-18-12-11-13-19-24/h14-15,17,20,24,26-27,39H,6-13,16,18-19,21-22H2,1-5H3,(H,32,35)(H,33,37). The molecule has 0 saturated heterocycles. The zero-order valence-corrected chi connectivity index (χ0v) is 25.7. The Kier molecular flexibility index (Phi) is 14.2. The van der Waals surface area contributed by atoms with Gasteiger partial charge in [0.15, 0.2) is 0 Å². The summed E-state index contributed by atoms with van der Waals surface area (Å²) in [5, 5.41) is 5.97. The van der Waals surface area contributed by atoms with Gasteiger partial charge in [-0.1, -0.05) is 82.6 Å². The van der Waals surface area contributed by atoms with Crippen molar-refractivity contribution in [2.45, 2.75) is 129 Å². The molecule has 0 spiro atoms. The number of unbranched alkanes of at least 4 members (excludes halogenated alkanes) is 5. The number of ether oxygens (including phenoxy) is 1. The monoisotopic (exact) mass is 561 g/mol. The Hall–Kier alpha value is -2.22. The number of hydrogen-bond acceptors (Lipinski definition) is 5. The molecule has 1 fully saturated rings. The molecule has 1 aromatic carbocycles. The van der Waals surface area contributed by atoms with Crippen LogP contribution in [0, 0.1) is 6.92 Å². The van der Waals surface area contributed by atoms with Gasteiger partial charge >= 0.3 is 6.09 Å². The van der Waals surface area contributed by atoms with Gasteiger partial charge in [-0.15, -0.1) is 0 Å². The van der Waals surface area contributed by atoms with Crippen molar-refractivity contribution in [3.63, 3.8) is 0 Å². The molecule has 2 atom stereocenters. The number of nitrogens with zero attached hydrogens (tertiary/aromatic N) is 1. The largest absolute Gasteiger partial charge is 0.444 e. The summed E-state index contributed by atoms with van der Waals surface area (Å²) in [5.74, 6) is -0.391. The number of carbonyl (C=O) groups excluding carboxylic acids is 3.